The third kappa shape index (κ3) is 6.25. The molecule has 0 spiro atoms. The molecule has 0 atom stereocenters. The van der Waals surface area contributed by atoms with Gasteiger partial charge in [-0.05, 0) is 61.2 Å². The van der Waals surface area contributed by atoms with Gasteiger partial charge >= 0.3 is 0 Å². The van der Waals surface area contributed by atoms with Crippen LogP contribution in [0.3, 0.4) is 0 Å². The number of amides is 2. The van der Waals surface area contributed by atoms with Crippen LogP contribution in [0.1, 0.15) is 24.8 Å². The van der Waals surface area contributed by atoms with Crippen LogP contribution in [-0.2, 0) is 16.0 Å². The summed E-state index contributed by atoms with van der Waals surface area (Å²) in [4.78, 5) is 32.1. The number of aromatic nitrogens is 2. The topological polar surface area (TPSA) is 78.9 Å². The molecule has 1 saturated carbocycles. The van der Waals surface area contributed by atoms with E-state index in [4.69, 9.17) is 4.74 Å². The number of rotatable bonds is 8. The lowest BCUT2D eigenvalue weighted by Gasteiger charge is -2.27. The molecule has 2 fully saturated rings. The number of anilines is 1. The van der Waals surface area contributed by atoms with Crippen molar-refractivity contribution in [1.29, 1.82) is 0 Å². The Morgan fingerprint density at radius 2 is 1.70 bits per heavy atom. The molecule has 8 heteroatoms. The fourth-order valence-electron chi connectivity index (χ4n) is 4.73. The maximum absolute atomic E-state index is 13.2. The molecule has 5 rings (SSSR count). The van der Waals surface area contributed by atoms with E-state index in [0.29, 0.717) is 26.1 Å². The SMILES string of the molecule is COc1ccc(-c2ccc(N3CCCN(C(=O)CN(C(=O)Cc4ccccc4)C4CC4)CC3)nn2)cc1. The first kappa shape index (κ1) is 24.7. The molecule has 0 unspecified atom stereocenters. The maximum atomic E-state index is 13.2. The standard InChI is InChI=1S/C29H33N5O3/c1-37-25-12-8-23(9-13-25)26-14-15-27(31-30-26)32-16-5-17-33(19-18-32)29(36)21-34(24-10-11-24)28(35)20-22-6-3-2-4-7-22/h2-4,6-9,12-15,24H,5,10-11,16-21H2,1H3. The highest BCUT2D eigenvalue weighted by Crippen LogP contribution is 2.28. The van der Waals surface area contributed by atoms with E-state index < -0.39 is 0 Å². The molecule has 1 aliphatic heterocycles. The molecule has 0 bridgehead atoms. The highest BCUT2D eigenvalue weighted by molar-refractivity contribution is 5.86. The van der Waals surface area contributed by atoms with Crippen molar-refractivity contribution in [2.45, 2.75) is 31.7 Å². The van der Waals surface area contributed by atoms with Gasteiger partial charge < -0.3 is 19.4 Å². The van der Waals surface area contributed by atoms with Crippen LogP contribution in [0.15, 0.2) is 66.7 Å². The minimum atomic E-state index is 0.0242. The van der Waals surface area contributed by atoms with Gasteiger partial charge in [-0.2, -0.15) is 0 Å². The van der Waals surface area contributed by atoms with Gasteiger partial charge in [0.05, 0.1) is 19.2 Å². The van der Waals surface area contributed by atoms with E-state index in [-0.39, 0.29) is 24.4 Å². The fourth-order valence-corrected chi connectivity index (χ4v) is 4.73. The van der Waals surface area contributed by atoms with Crippen molar-refractivity contribution >= 4 is 17.6 Å². The quantitative estimate of drug-likeness (QED) is 0.473. The van der Waals surface area contributed by atoms with Gasteiger partial charge in [0, 0.05) is 37.8 Å². The Labute approximate surface area is 217 Å². The van der Waals surface area contributed by atoms with Crippen LogP contribution in [0, 0.1) is 0 Å². The lowest BCUT2D eigenvalue weighted by atomic mass is 10.1. The second kappa shape index (κ2) is 11.4. The van der Waals surface area contributed by atoms with Crippen molar-refractivity contribution < 1.29 is 14.3 Å². The molecule has 2 aromatic carbocycles. The number of methoxy groups -OCH3 is 1. The minimum Gasteiger partial charge on any atom is -0.497 e. The second-order valence-electron chi connectivity index (χ2n) is 9.64. The molecule has 3 aromatic rings. The summed E-state index contributed by atoms with van der Waals surface area (Å²) >= 11 is 0. The highest BCUT2D eigenvalue weighted by Gasteiger charge is 2.35. The predicted molar refractivity (Wildman–Crippen MR) is 142 cm³/mol. The van der Waals surface area contributed by atoms with Crippen LogP contribution in [-0.4, -0.2) is 77.7 Å². The molecule has 2 heterocycles. The van der Waals surface area contributed by atoms with E-state index in [1.165, 1.54) is 0 Å². The molecule has 0 radical (unpaired) electrons. The predicted octanol–water partition coefficient (Wildman–Crippen LogP) is 3.42. The minimum absolute atomic E-state index is 0.0242. The summed E-state index contributed by atoms with van der Waals surface area (Å²) in [7, 11) is 1.65. The van der Waals surface area contributed by atoms with E-state index in [2.05, 4.69) is 15.1 Å². The summed E-state index contributed by atoms with van der Waals surface area (Å²) in [6, 6.07) is 21.6. The monoisotopic (exact) mass is 499 g/mol. The van der Waals surface area contributed by atoms with Gasteiger partial charge in [0.15, 0.2) is 5.82 Å². The smallest absolute Gasteiger partial charge is 0.242 e. The number of nitrogens with zero attached hydrogens (tertiary/aromatic N) is 5. The van der Waals surface area contributed by atoms with Gasteiger partial charge in [-0.25, -0.2) is 0 Å². The normalized spacial score (nSPS) is 15.7. The third-order valence-corrected chi connectivity index (χ3v) is 7.02. The van der Waals surface area contributed by atoms with Crippen LogP contribution >= 0.6 is 0 Å². The van der Waals surface area contributed by atoms with Gasteiger partial charge in [-0.15, -0.1) is 10.2 Å². The maximum Gasteiger partial charge on any atom is 0.242 e. The Morgan fingerprint density at radius 3 is 2.38 bits per heavy atom. The Hall–Kier alpha value is -3.94. The Bertz CT molecular complexity index is 1200. The molecule has 1 aliphatic carbocycles. The molecule has 0 N–H and O–H groups in total. The van der Waals surface area contributed by atoms with Crippen molar-refractivity contribution in [2.75, 3.05) is 44.7 Å². The molecule has 8 nitrogen and oxygen atoms in total. The first-order valence-corrected chi connectivity index (χ1v) is 12.9. The van der Waals surface area contributed by atoms with Crippen molar-refractivity contribution in [3.05, 3.63) is 72.3 Å². The van der Waals surface area contributed by atoms with Gasteiger partial charge in [-0.1, -0.05) is 30.3 Å². The van der Waals surface area contributed by atoms with Gasteiger partial charge in [0.25, 0.3) is 0 Å². The molecule has 2 amide bonds. The van der Waals surface area contributed by atoms with E-state index in [1.54, 1.807) is 12.0 Å². The summed E-state index contributed by atoms with van der Waals surface area (Å²) in [6.45, 7) is 2.93. The van der Waals surface area contributed by atoms with E-state index >= 15 is 0 Å². The Morgan fingerprint density at radius 1 is 0.919 bits per heavy atom. The lowest BCUT2D eigenvalue weighted by molar-refractivity contribution is -0.140. The fraction of sp³-hybridized carbons (Fsp3) is 0.379. The van der Waals surface area contributed by atoms with Gasteiger partial charge in [0.1, 0.15) is 12.3 Å². The summed E-state index contributed by atoms with van der Waals surface area (Å²) in [5.41, 5.74) is 2.77. The third-order valence-electron chi connectivity index (χ3n) is 7.02. The van der Waals surface area contributed by atoms with Crippen LogP contribution < -0.4 is 9.64 Å². The number of carbonyl (C=O) groups is 2. The zero-order valence-electron chi connectivity index (χ0n) is 21.3. The summed E-state index contributed by atoms with van der Waals surface area (Å²) in [5.74, 6) is 1.67. The van der Waals surface area contributed by atoms with Crippen molar-refractivity contribution in [3.8, 4) is 17.0 Å². The van der Waals surface area contributed by atoms with Gasteiger partial charge in [0.2, 0.25) is 11.8 Å². The average Bonchev–Trinajstić information content (AvgIpc) is 3.80. The summed E-state index contributed by atoms with van der Waals surface area (Å²) < 4.78 is 5.22. The zero-order valence-corrected chi connectivity index (χ0v) is 21.3. The van der Waals surface area contributed by atoms with Crippen LogP contribution in [0.2, 0.25) is 0 Å². The molecule has 37 heavy (non-hydrogen) atoms. The molecule has 1 saturated heterocycles. The average molecular weight is 500 g/mol. The van der Waals surface area contributed by atoms with E-state index in [1.807, 2.05) is 71.6 Å². The highest BCUT2D eigenvalue weighted by atomic mass is 16.5. The molecule has 1 aromatic heterocycles. The molecular formula is C29H33N5O3. The molecule has 2 aliphatic rings. The first-order valence-electron chi connectivity index (χ1n) is 12.9. The Kier molecular flexibility index (Phi) is 7.63. The summed E-state index contributed by atoms with van der Waals surface area (Å²) in [5, 5.41) is 8.89. The molecule has 192 valence electrons. The van der Waals surface area contributed by atoms with E-state index in [0.717, 1.165) is 54.2 Å². The molecular weight excluding hydrogens is 466 g/mol. The van der Waals surface area contributed by atoms with Crippen molar-refractivity contribution in [2.24, 2.45) is 0 Å². The Balaban J connectivity index is 1.17. The zero-order chi connectivity index (χ0) is 25.6. The van der Waals surface area contributed by atoms with Crippen molar-refractivity contribution in [1.82, 2.24) is 20.0 Å². The second-order valence-corrected chi connectivity index (χ2v) is 9.64. The first-order chi connectivity index (χ1) is 18.1. The summed E-state index contributed by atoms with van der Waals surface area (Å²) in [6.07, 6.45) is 3.14. The number of hydrogen-bond acceptors (Lipinski definition) is 6. The van der Waals surface area contributed by atoms with Gasteiger partial charge in [-0.3, -0.25) is 9.59 Å². The van der Waals surface area contributed by atoms with Crippen LogP contribution in [0.25, 0.3) is 11.3 Å². The van der Waals surface area contributed by atoms with E-state index in [9.17, 15) is 9.59 Å². The van der Waals surface area contributed by atoms with Crippen LogP contribution in [0.4, 0.5) is 5.82 Å². The number of carbonyl (C=O) groups excluding carboxylic acids is 2. The van der Waals surface area contributed by atoms with Crippen molar-refractivity contribution in [3.63, 3.8) is 0 Å². The largest absolute Gasteiger partial charge is 0.497 e. The number of benzene rings is 2. The number of hydrogen-bond donors (Lipinski definition) is 0. The lowest BCUT2D eigenvalue weighted by Crippen LogP contribution is -2.45. The van der Waals surface area contributed by atoms with Crippen LogP contribution in [0.5, 0.6) is 5.75 Å². The number of ether oxygens (including phenoxy) is 1.